The van der Waals surface area contributed by atoms with Crippen molar-refractivity contribution in [3.63, 3.8) is 0 Å². The summed E-state index contributed by atoms with van der Waals surface area (Å²) in [6.45, 7) is 4.52. The normalized spacial score (nSPS) is 17.5. The molecule has 0 radical (unpaired) electrons. The molecule has 0 aliphatic carbocycles. The number of hydrogen-bond acceptors (Lipinski definition) is 3. The number of para-hydroxylation sites is 1. The highest BCUT2D eigenvalue weighted by atomic mass is 19.4. The number of methoxy groups -OCH3 is 1. The van der Waals surface area contributed by atoms with E-state index in [0.29, 0.717) is 6.54 Å². The van der Waals surface area contributed by atoms with E-state index < -0.39 is 18.6 Å². The third-order valence-corrected chi connectivity index (χ3v) is 7.00. The number of nitrogens with one attached hydrogen (secondary N) is 1. The van der Waals surface area contributed by atoms with E-state index >= 15 is 0 Å². The number of aromatic nitrogens is 1. The smallest absolute Gasteiger partial charge is 0.406 e. The van der Waals surface area contributed by atoms with Crippen LogP contribution in [0.3, 0.4) is 0 Å². The van der Waals surface area contributed by atoms with Gasteiger partial charge in [-0.15, -0.1) is 0 Å². The molecular weight excluding hydrogens is 455 g/mol. The minimum absolute atomic E-state index is 0.0584. The molecule has 2 aromatic carbocycles. The van der Waals surface area contributed by atoms with Crippen LogP contribution in [0.5, 0.6) is 5.75 Å². The van der Waals surface area contributed by atoms with E-state index in [-0.39, 0.29) is 23.7 Å². The van der Waals surface area contributed by atoms with Crippen LogP contribution >= 0.6 is 0 Å². The summed E-state index contributed by atoms with van der Waals surface area (Å²) in [6.07, 6.45) is -2.83. The SMILES string of the molecule is COc1ccc(C(C)(C)N2CCCC(CN(CC(F)(F)F)C(=O)c3cc4ccccc4[nH]3)C2)cc1. The van der Waals surface area contributed by atoms with Gasteiger partial charge in [0.05, 0.1) is 7.11 Å². The largest absolute Gasteiger partial charge is 0.497 e. The molecule has 1 fully saturated rings. The highest BCUT2D eigenvalue weighted by molar-refractivity contribution is 5.98. The summed E-state index contributed by atoms with van der Waals surface area (Å²) in [6, 6.07) is 16.8. The lowest BCUT2D eigenvalue weighted by Crippen LogP contribution is -2.50. The molecular formula is C27H32F3N3O2. The Balaban J connectivity index is 1.51. The lowest BCUT2D eigenvalue weighted by molar-refractivity contribution is -0.142. The van der Waals surface area contributed by atoms with Crippen LogP contribution in [-0.4, -0.2) is 60.2 Å². The second kappa shape index (κ2) is 9.93. The Morgan fingerprint density at radius 1 is 1.14 bits per heavy atom. The number of carbonyl (C=O) groups excluding carboxylic acids is 1. The number of alkyl halides is 3. The molecule has 0 saturated carbocycles. The zero-order chi connectivity index (χ0) is 25.2. The molecule has 0 bridgehead atoms. The summed E-state index contributed by atoms with van der Waals surface area (Å²) in [5.74, 6) is 0.0985. The van der Waals surface area contributed by atoms with Crippen molar-refractivity contribution in [2.75, 3.05) is 33.3 Å². The van der Waals surface area contributed by atoms with Crippen molar-refractivity contribution in [3.8, 4) is 5.75 Å². The first-order valence-electron chi connectivity index (χ1n) is 11.9. The number of carbonyl (C=O) groups is 1. The Bertz CT molecular complexity index is 1120. The summed E-state index contributed by atoms with van der Waals surface area (Å²) < 4.78 is 45.7. The van der Waals surface area contributed by atoms with Crippen LogP contribution in [-0.2, 0) is 5.54 Å². The van der Waals surface area contributed by atoms with Gasteiger partial charge in [-0.2, -0.15) is 13.2 Å². The average molecular weight is 488 g/mol. The summed E-state index contributed by atoms with van der Waals surface area (Å²) in [4.78, 5) is 19.4. The molecule has 1 aliphatic rings. The maximum atomic E-state index is 13.5. The molecule has 2 heterocycles. The number of amides is 1. The molecule has 3 aromatic rings. The number of hydrogen-bond donors (Lipinski definition) is 1. The lowest BCUT2D eigenvalue weighted by Gasteiger charge is -2.45. The van der Waals surface area contributed by atoms with Crippen molar-refractivity contribution in [1.29, 1.82) is 0 Å². The first-order chi connectivity index (χ1) is 16.6. The third kappa shape index (κ3) is 5.81. The number of ether oxygens (including phenoxy) is 1. The summed E-state index contributed by atoms with van der Waals surface area (Å²) in [5.41, 5.74) is 1.72. The molecule has 1 unspecified atom stereocenters. The van der Waals surface area contributed by atoms with Gasteiger partial charge in [-0.1, -0.05) is 30.3 Å². The fraction of sp³-hybridized carbons (Fsp3) is 0.444. The van der Waals surface area contributed by atoms with Gasteiger partial charge in [0.2, 0.25) is 0 Å². The van der Waals surface area contributed by atoms with Crippen LogP contribution in [0.2, 0.25) is 0 Å². The zero-order valence-electron chi connectivity index (χ0n) is 20.4. The second-order valence-electron chi connectivity index (χ2n) is 9.81. The van der Waals surface area contributed by atoms with Crippen LogP contribution in [0.1, 0.15) is 42.7 Å². The molecule has 35 heavy (non-hydrogen) atoms. The molecule has 1 aromatic heterocycles. The van der Waals surface area contributed by atoms with Crippen molar-refractivity contribution < 1.29 is 22.7 Å². The molecule has 1 atom stereocenters. The number of likely N-dealkylation sites (tertiary alicyclic amines) is 1. The highest BCUT2D eigenvalue weighted by Gasteiger charge is 2.37. The lowest BCUT2D eigenvalue weighted by atomic mass is 9.87. The van der Waals surface area contributed by atoms with Crippen molar-refractivity contribution >= 4 is 16.8 Å². The number of rotatable bonds is 7. The maximum absolute atomic E-state index is 13.5. The fourth-order valence-corrected chi connectivity index (χ4v) is 5.01. The van der Waals surface area contributed by atoms with E-state index in [4.69, 9.17) is 4.74 Å². The van der Waals surface area contributed by atoms with E-state index in [9.17, 15) is 18.0 Å². The molecule has 1 saturated heterocycles. The predicted octanol–water partition coefficient (Wildman–Crippen LogP) is 5.83. The van der Waals surface area contributed by atoms with E-state index in [0.717, 1.165) is 46.5 Å². The maximum Gasteiger partial charge on any atom is 0.406 e. The minimum atomic E-state index is -4.47. The first-order valence-corrected chi connectivity index (χ1v) is 11.9. The topological polar surface area (TPSA) is 48.6 Å². The first kappa shape index (κ1) is 25.1. The predicted molar refractivity (Wildman–Crippen MR) is 131 cm³/mol. The Morgan fingerprint density at radius 2 is 1.86 bits per heavy atom. The molecule has 1 amide bonds. The number of benzene rings is 2. The Morgan fingerprint density at radius 3 is 2.51 bits per heavy atom. The van der Waals surface area contributed by atoms with E-state index in [1.54, 1.807) is 19.2 Å². The van der Waals surface area contributed by atoms with Gasteiger partial charge in [-0.3, -0.25) is 9.69 Å². The van der Waals surface area contributed by atoms with Gasteiger partial charge in [0.25, 0.3) is 5.91 Å². The second-order valence-corrected chi connectivity index (χ2v) is 9.81. The minimum Gasteiger partial charge on any atom is -0.497 e. The fourth-order valence-electron chi connectivity index (χ4n) is 5.01. The van der Waals surface area contributed by atoms with Crippen molar-refractivity contribution in [2.45, 2.75) is 38.4 Å². The molecule has 0 spiro atoms. The van der Waals surface area contributed by atoms with Crippen LogP contribution in [0.4, 0.5) is 13.2 Å². The zero-order valence-corrected chi connectivity index (χ0v) is 20.4. The van der Waals surface area contributed by atoms with E-state index in [1.807, 2.05) is 42.5 Å². The molecule has 188 valence electrons. The summed E-state index contributed by atoms with van der Waals surface area (Å²) in [5, 5.41) is 0.799. The molecule has 1 aliphatic heterocycles. The Labute approximate surface area is 203 Å². The highest BCUT2D eigenvalue weighted by Crippen LogP contribution is 2.34. The Kier molecular flexibility index (Phi) is 7.12. The van der Waals surface area contributed by atoms with Crippen molar-refractivity contribution in [1.82, 2.24) is 14.8 Å². The average Bonchev–Trinajstić information content (AvgIpc) is 3.27. The Hall–Kier alpha value is -3.00. The number of piperidine rings is 1. The summed E-state index contributed by atoms with van der Waals surface area (Å²) >= 11 is 0. The van der Waals surface area contributed by atoms with E-state index in [2.05, 4.69) is 23.7 Å². The van der Waals surface area contributed by atoms with Gasteiger partial charge in [-0.05, 0) is 69.0 Å². The quantitative estimate of drug-likeness (QED) is 0.456. The molecule has 4 rings (SSSR count). The number of halogens is 3. The summed E-state index contributed by atoms with van der Waals surface area (Å²) in [7, 11) is 1.62. The van der Waals surface area contributed by atoms with Gasteiger partial charge >= 0.3 is 6.18 Å². The van der Waals surface area contributed by atoms with Gasteiger partial charge in [0.1, 0.15) is 18.0 Å². The van der Waals surface area contributed by atoms with Crippen molar-refractivity contribution in [2.24, 2.45) is 5.92 Å². The monoisotopic (exact) mass is 487 g/mol. The third-order valence-electron chi connectivity index (χ3n) is 7.00. The van der Waals surface area contributed by atoms with Gasteiger partial charge < -0.3 is 14.6 Å². The van der Waals surface area contributed by atoms with Gasteiger partial charge in [0, 0.05) is 29.5 Å². The van der Waals surface area contributed by atoms with E-state index in [1.165, 1.54) is 0 Å². The molecule has 1 N–H and O–H groups in total. The standard InChI is InChI=1S/C27H32F3N3O2/c1-26(2,21-10-12-22(35-3)13-11-21)33-14-6-7-19(17-33)16-32(18-27(28,29)30)25(34)24-15-20-8-4-5-9-23(20)31-24/h4-5,8-13,15,19,31H,6-7,14,16-18H2,1-3H3. The van der Waals surface area contributed by atoms with Gasteiger partial charge in [0.15, 0.2) is 0 Å². The van der Waals surface area contributed by atoms with Crippen LogP contribution in [0.25, 0.3) is 10.9 Å². The van der Waals surface area contributed by atoms with Crippen LogP contribution in [0, 0.1) is 5.92 Å². The number of H-pyrrole nitrogens is 1. The van der Waals surface area contributed by atoms with Gasteiger partial charge in [-0.25, -0.2) is 0 Å². The number of aromatic amines is 1. The number of nitrogens with zero attached hydrogens (tertiary/aromatic N) is 2. The van der Waals surface area contributed by atoms with Crippen molar-refractivity contribution in [3.05, 3.63) is 65.9 Å². The van der Waals surface area contributed by atoms with Crippen LogP contribution in [0.15, 0.2) is 54.6 Å². The van der Waals surface area contributed by atoms with Crippen LogP contribution < -0.4 is 4.74 Å². The molecule has 5 nitrogen and oxygen atoms in total. The number of fused-ring (bicyclic) bond motifs is 1. The molecule has 8 heteroatoms.